The molecule has 11 heteroatoms. The molecule has 0 aliphatic rings. The lowest BCUT2D eigenvalue weighted by atomic mass is 9.98. The molecule has 0 unspecified atom stereocenters. The SMILES string of the molecule is CCOc1nc2cccc(CO[N+](=O)[O-])c2n1Cc1ccc(-c2ccccc2-c2nn[nH]n2)cc1. The van der Waals surface area contributed by atoms with Crippen LogP contribution in [0.15, 0.2) is 66.7 Å². The molecule has 0 saturated heterocycles. The first-order chi connectivity index (χ1) is 17.1. The van der Waals surface area contributed by atoms with E-state index in [1.54, 1.807) is 12.1 Å². The molecule has 2 heterocycles. The maximum atomic E-state index is 10.8. The summed E-state index contributed by atoms with van der Waals surface area (Å²) in [5.41, 5.74) is 5.97. The molecule has 0 atom stereocenters. The highest BCUT2D eigenvalue weighted by Gasteiger charge is 2.17. The fourth-order valence-electron chi connectivity index (χ4n) is 4.04. The minimum atomic E-state index is -0.797. The van der Waals surface area contributed by atoms with Gasteiger partial charge in [0.2, 0.25) is 5.82 Å². The highest BCUT2D eigenvalue weighted by Crippen LogP contribution is 2.31. The van der Waals surface area contributed by atoms with Crippen molar-refractivity contribution in [3.05, 3.63) is 88.0 Å². The number of para-hydroxylation sites is 1. The zero-order chi connectivity index (χ0) is 24.2. The summed E-state index contributed by atoms with van der Waals surface area (Å²) in [7, 11) is 0. The zero-order valence-electron chi connectivity index (χ0n) is 18.8. The van der Waals surface area contributed by atoms with E-state index in [0.717, 1.165) is 27.8 Å². The molecular weight excluding hydrogens is 450 g/mol. The van der Waals surface area contributed by atoms with E-state index in [2.05, 4.69) is 30.4 Å². The van der Waals surface area contributed by atoms with Crippen LogP contribution in [0.3, 0.4) is 0 Å². The molecule has 5 rings (SSSR count). The van der Waals surface area contributed by atoms with Crippen molar-refractivity contribution in [3.63, 3.8) is 0 Å². The highest BCUT2D eigenvalue weighted by molar-refractivity contribution is 5.81. The number of benzene rings is 3. The molecule has 0 bridgehead atoms. The van der Waals surface area contributed by atoms with Gasteiger partial charge in [-0.25, -0.2) is 0 Å². The Balaban J connectivity index is 1.49. The first-order valence-electron chi connectivity index (χ1n) is 10.9. The fourth-order valence-corrected chi connectivity index (χ4v) is 4.04. The van der Waals surface area contributed by atoms with Crippen LogP contribution in [-0.4, -0.2) is 41.9 Å². The van der Waals surface area contributed by atoms with Crippen molar-refractivity contribution in [3.8, 4) is 28.5 Å². The Bertz CT molecular complexity index is 1460. The Morgan fingerprint density at radius 2 is 1.83 bits per heavy atom. The molecular formula is C24H21N7O4. The standard InChI is InChI=1S/C24H21N7O4/c1-2-34-24-25-21-9-5-6-18(15-35-31(32)33)22(21)30(24)14-16-10-12-17(13-11-16)19-7-3-4-8-20(19)23-26-28-29-27-23/h3-13H,2,14-15H2,1H3,(H,26,27,28,29). The fraction of sp³-hybridized carbons (Fsp3) is 0.167. The predicted molar refractivity (Wildman–Crippen MR) is 127 cm³/mol. The lowest BCUT2D eigenvalue weighted by molar-refractivity contribution is -0.762. The number of nitrogens with zero attached hydrogens (tertiary/aromatic N) is 6. The number of rotatable bonds is 9. The van der Waals surface area contributed by atoms with Crippen LogP contribution in [-0.2, 0) is 18.0 Å². The second kappa shape index (κ2) is 9.59. The van der Waals surface area contributed by atoms with Gasteiger partial charge in [0.05, 0.1) is 24.2 Å². The maximum absolute atomic E-state index is 10.8. The lowest BCUT2D eigenvalue weighted by Gasteiger charge is -2.12. The molecule has 0 radical (unpaired) electrons. The Morgan fingerprint density at radius 1 is 1.03 bits per heavy atom. The molecule has 35 heavy (non-hydrogen) atoms. The van der Waals surface area contributed by atoms with E-state index in [4.69, 9.17) is 4.74 Å². The summed E-state index contributed by atoms with van der Waals surface area (Å²) >= 11 is 0. The van der Waals surface area contributed by atoms with E-state index in [9.17, 15) is 10.1 Å². The third-order valence-electron chi connectivity index (χ3n) is 5.53. The Labute approximate surface area is 199 Å². The molecule has 0 spiro atoms. The van der Waals surface area contributed by atoms with Crippen molar-refractivity contribution < 1.29 is 14.7 Å². The molecule has 3 aromatic carbocycles. The van der Waals surface area contributed by atoms with E-state index < -0.39 is 5.09 Å². The lowest BCUT2D eigenvalue weighted by Crippen LogP contribution is -2.07. The molecule has 176 valence electrons. The number of hydrogen-bond acceptors (Lipinski definition) is 8. The zero-order valence-corrected chi connectivity index (χ0v) is 18.8. The Kier molecular flexibility index (Phi) is 6.03. The average molecular weight is 471 g/mol. The molecule has 5 aromatic rings. The van der Waals surface area contributed by atoms with Crippen molar-refractivity contribution in [1.82, 2.24) is 30.2 Å². The average Bonchev–Trinajstić information content (AvgIpc) is 3.53. The van der Waals surface area contributed by atoms with Crippen LogP contribution in [0.1, 0.15) is 18.1 Å². The van der Waals surface area contributed by atoms with Crippen LogP contribution in [0.4, 0.5) is 0 Å². The maximum Gasteiger partial charge on any atom is 0.297 e. The summed E-state index contributed by atoms with van der Waals surface area (Å²) in [6, 6.07) is 21.9. The smallest absolute Gasteiger partial charge is 0.297 e. The van der Waals surface area contributed by atoms with Gasteiger partial charge in [-0.1, -0.05) is 60.7 Å². The van der Waals surface area contributed by atoms with Gasteiger partial charge in [0.1, 0.15) is 6.61 Å². The van der Waals surface area contributed by atoms with Crippen molar-refractivity contribution in [2.24, 2.45) is 0 Å². The van der Waals surface area contributed by atoms with Gasteiger partial charge in [0, 0.05) is 11.1 Å². The van der Waals surface area contributed by atoms with Crippen LogP contribution in [0, 0.1) is 10.1 Å². The van der Waals surface area contributed by atoms with E-state index in [1.807, 2.05) is 66.1 Å². The molecule has 0 saturated carbocycles. The number of fused-ring (bicyclic) bond motifs is 1. The van der Waals surface area contributed by atoms with Crippen LogP contribution in [0.2, 0.25) is 0 Å². The third kappa shape index (κ3) is 4.51. The van der Waals surface area contributed by atoms with Crippen LogP contribution >= 0.6 is 0 Å². The van der Waals surface area contributed by atoms with Crippen LogP contribution in [0.25, 0.3) is 33.5 Å². The van der Waals surface area contributed by atoms with Gasteiger partial charge in [-0.2, -0.15) is 10.2 Å². The Hall–Kier alpha value is -4.80. The van der Waals surface area contributed by atoms with Gasteiger partial charge < -0.3 is 9.57 Å². The number of imidazole rings is 1. The second-order valence-electron chi connectivity index (χ2n) is 7.67. The number of ether oxygens (including phenoxy) is 1. The largest absolute Gasteiger partial charge is 0.465 e. The summed E-state index contributed by atoms with van der Waals surface area (Å²) in [5.74, 6) is 0.528. The minimum Gasteiger partial charge on any atom is -0.465 e. The number of H-pyrrole nitrogens is 1. The first-order valence-corrected chi connectivity index (χ1v) is 10.9. The van der Waals surface area contributed by atoms with Crippen molar-refractivity contribution in [2.45, 2.75) is 20.1 Å². The summed E-state index contributed by atoms with van der Waals surface area (Å²) < 4.78 is 7.70. The number of nitrogens with one attached hydrogen (secondary N) is 1. The predicted octanol–water partition coefficient (Wildman–Crippen LogP) is 4.04. The van der Waals surface area contributed by atoms with Crippen LogP contribution < -0.4 is 4.74 Å². The molecule has 1 N–H and O–H groups in total. The van der Waals surface area contributed by atoms with Gasteiger partial charge in [-0.3, -0.25) is 4.57 Å². The number of aromatic nitrogens is 6. The van der Waals surface area contributed by atoms with Crippen molar-refractivity contribution in [2.75, 3.05) is 6.61 Å². The van der Waals surface area contributed by atoms with Crippen molar-refractivity contribution >= 4 is 11.0 Å². The number of aromatic amines is 1. The summed E-state index contributed by atoms with van der Waals surface area (Å²) in [6.45, 7) is 2.62. The van der Waals surface area contributed by atoms with Gasteiger partial charge in [0.25, 0.3) is 11.1 Å². The number of tetrazole rings is 1. The van der Waals surface area contributed by atoms with Crippen molar-refractivity contribution in [1.29, 1.82) is 0 Å². The first kappa shape index (κ1) is 22.0. The summed E-state index contributed by atoms with van der Waals surface area (Å²) in [6.07, 6.45) is 0. The van der Waals surface area contributed by atoms with Gasteiger partial charge in [0.15, 0.2) is 0 Å². The van der Waals surface area contributed by atoms with Gasteiger partial charge in [-0.15, -0.1) is 20.3 Å². The van der Waals surface area contributed by atoms with Gasteiger partial charge >= 0.3 is 0 Å². The quantitative estimate of drug-likeness (QED) is 0.251. The molecule has 11 nitrogen and oxygen atoms in total. The second-order valence-corrected chi connectivity index (χ2v) is 7.67. The molecule has 2 aromatic heterocycles. The summed E-state index contributed by atoms with van der Waals surface area (Å²) in [5, 5.41) is 24.3. The summed E-state index contributed by atoms with van der Waals surface area (Å²) in [4.78, 5) is 20.0. The molecule has 0 aliphatic heterocycles. The topological polar surface area (TPSA) is 134 Å². The van der Waals surface area contributed by atoms with Gasteiger partial charge in [-0.05, 0) is 34.9 Å². The Morgan fingerprint density at radius 3 is 2.54 bits per heavy atom. The van der Waals surface area contributed by atoms with E-state index >= 15 is 0 Å². The van der Waals surface area contributed by atoms with E-state index in [-0.39, 0.29) is 6.61 Å². The minimum absolute atomic E-state index is 0.173. The number of hydrogen-bond donors (Lipinski definition) is 1. The van der Waals surface area contributed by atoms with E-state index in [1.165, 1.54) is 0 Å². The third-order valence-corrected chi connectivity index (χ3v) is 5.53. The normalized spacial score (nSPS) is 11.0. The van der Waals surface area contributed by atoms with E-state index in [0.29, 0.717) is 36.1 Å². The molecule has 0 aliphatic carbocycles. The molecule has 0 amide bonds. The van der Waals surface area contributed by atoms with Crippen LogP contribution in [0.5, 0.6) is 6.01 Å². The molecule has 0 fully saturated rings. The highest BCUT2D eigenvalue weighted by atomic mass is 16.9. The monoisotopic (exact) mass is 471 g/mol.